The van der Waals surface area contributed by atoms with Crippen molar-refractivity contribution in [2.75, 3.05) is 12.4 Å². The minimum Gasteiger partial charge on any atom is -0.464 e. The average Bonchev–Trinajstić information content (AvgIpc) is 2.46. The van der Waals surface area contributed by atoms with Gasteiger partial charge in [-0.05, 0) is 36.2 Å². The predicted octanol–water partition coefficient (Wildman–Crippen LogP) is 2.18. The van der Waals surface area contributed by atoms with Gasteiger partial charge in [-0.1, -0.05) is 0 Å². The lowest BCUT2D eigenvalue weighted by Crippen LogP contribution is -2.06. The van der Waals surface area contributed by atoms with Crippen molar-refractivity contribution in [1.82, 2.24) is 9.97 Å². The van der Waals surface area contributed by atoms with Crippen molar-refractivity contribution in [3.63, 3.8) is 0 Å². The largest absolute Gasteiger partial charge is 0.464 e. The summed E-state index contributed by atoms with van der Waals surface area (Å²) in [4.78, 5) is 19.4. The summed E-state index contributed by atoms with van der Waals surface area (Å²) in [5.74, 6) is -0.441. The molecule has 0 aliphatic rings. The average molecular weight is 257 g/mol. The first kappa shape index (κ1) is 13.0. The van der Waals surface area contributed by atoms with Gasteiger partial charge in [0.1, 0.15) is 5.69 Å². The predicted molar refractivity (Wildman–Crippen MR) is 71.9 cm³/mol. The maximum Gasteiger partial charge on any atom is 0.356 e. The second-order valence-electron chi connectivity index (χ2n) is 4.08. The van der Waals surface area contributed by atoms with Crippen LogP contribution in [0.1, 0.15) is 21.6 Å². The lowest BCUT2D eigenvalue weighted by molar-refractivity contribution is 0.0594. The van der Waals surface area contributed by atoms with Crippen LogP contribution in [0.25, 0.3) is 0 Å². The van der Waals surface area contributed by atoms with Crippen molar-refractivity contribution in [1.29, 1.82) is 0 Å². The van der Waals surface area contributed by atoms with Crippen LogP contribution in [0.2, 0.25) is 0 Å². The number of rotatable bonds is 4. The Kier molecular flexibility index (Phi) is 4.07. The highest BCUT2D eigenvalue weighted by molar-refractivity contribution is 5.88. The van der Waals surface area contributed by atoms with Crippen LogP contribution in [0.4, 0.5) is 5.69 Å². The number of nitrogens with zero attached hydrogens (tertiary/aromatic N) is 2. The molecule has 98 valence electrons. The minimum atomic E-state index is -0.441. The van der Waals surface area contributed by atoms with E-state index in [1.807, 2.05) is 25.3 Å². The Bertz CT molecular complexity index is 584. The molecular weight excluding hydrogens is 242 g/mol. The molecule has 2 heterocycles. The Morgan fingerprint density at radius 3 is 2.95 bits per heavy atom. The maximum atomic E-state index is 11.4. The van der Waals surface area contributed by atoms with Crippen molar-refractivity contribution in [3.05, 3.63) is 53.6 Å². The number of nitrogens with one attached hydrogen (secondary N) is 1. The Balaban J connectivity index is 2.08. The zero-order chi connectivity index (χ0) is 13.7. The molecule has 0 aromatic carbocycles. The number of hydrogen-bond acceptors (Lipinski definition) is 5. The Morgan fingerprint density at radius 1 is 1.37 bits per heavy atom. The molecule has 2 aromatic heterocycles. The molecule has 2 aromatic rings. The lowest BCUT2D eigenvalue weighted by Gasteiger charge is -2.09. The van der Waals surface area contributed by atoms with Crippen LogP contribution in [0.5, 0.6) is 0 Å². The first-order chi connectivity index (χ1) is 9.20. The van der Waals surface area contributed by atoms with Gasteiger partial charge in [-0.25, -0.2) is 9.78 Å². The normalized spacial score (nSPS) is 10.0. The molecule has 0 saturated carbocycles. The van der Waals surface area contributed by atoms with E-state index in [9.17, 15) is 4.79 Å². The highest BCUT2D eigenvalue weighted by atomic mass is 16.5. The summed E-state index contributed by atoms with van der Waals surface area (Å²) < 4.78 is 4.64. The Labute approximate surface area is 111 Å². The van der Waals surface area contributed by atoms with Gasteiger partial charge in [0.05, 0.1) is 7.11 Å². The molecule has 0 aliphatic heterocycles. The molecule has 0 saturated heterocycles. The molecular formula is C14H15N3O2. The van der Waals surface area contributed by atoms with Crippen LogP contribution in [0, 0.1) is 6.92 Å². The molecule has 0 radical (unpaired) electrons. The third-order valence-electron chi connectivity index (χ3n) is 2.77. The van der Waals surface area contributed by atoms with Gasteiger partial charge >= 0.3 is 5.97 Å². The first-order valence-corrected chi connectivity index (χ1v) is 5.88. The highest BCUT2D eigenvalue weighted by Gasteiger charge is 2.07. The summed E-state index contributed by atoms with van der Waals surface area (Å²) in [7, 11) is 1.34. The Morgan fingerprint density at radius 2 is 2.21 bits per heavy atom. The van der Waals surface area contributed by atoms with Crippen molar-refractivity contribution in [2.45, 2.75) is 13.5 Å². The number of ether oxygens (including phenoxy) is 1. The SMILES string of the molecule is COC(=O)c1cc(NCc2ccncc2C)ccn1. The molecule has 5 heteroatoms. The van der Waals surface area contributed by atoms with Crippen LogP contribution >= 0.6 is 0 Å². The van der Waals surface area contributed by atoms with Crippen LogP contribution in [-0.2, 0) is 11.3 Å². The van der Waals surface area contributed by atoms with Gasteiger partial charge in [-0.3, -0.25) is 4.98 Å². The highest BCUT2D eigenvalue weighted by Crippen LogP contribution is 2.12. The number of carbonyl (C=O) groups excluding carboxylic acids is 1. The number of carbonyl (C=O) groups is 1. The van der Waals surface area contributed by atoms with E-state index in [4.69, 9.17) is 0 Å². The molecule has 0 aliphatic carbocycles. The fourth-order valence-corrected chi connectivity index (χ4v) is 1.65. The summed E-state index contributed by atoms with van der Waals surface area (Å²) in [6, 6.07) is 5.44. The molecule has 0 amide bonds. The monoisotopic (exact) mass is 257 g/mol. The van der Waals surface area contributed by atoms with Crippen molar-refractivity contribution in [2.24, 2.45) is 0 Å². The number of anilines is 1. The van der Waals surface area contributed by atoms with E-state index < -0.39 is 5.97 Å². The number of methoxy groups -OCH3 is 1. The zero-order valence-corrected chi connectivity index (χ0v) is 10.9. The fraction of sp³-hybridized carbons (Fsp3) is 0.214. The number of esters is 1. The van der Waals surface area contributed by atoms with Crippen LogP contribution < -0.4 is 5.32 Å². The second-order valence-corrected chi connectivity index (χ2v) is 4.08. The smallest absolute Gasteiger partial charge is 0.356 e. The maximum absolute atomic E-state index is 11.4. The van der Waals surface area contributed by atoms with Crippen LogP contribution in [0.15, 0.2) is 36.8 Å². The molecule has 2 rings (SSSR count). The van der Waals surface area contributed by atoms with E-state index >= 15 is 0 Å². The van der Waals surface area contributed by atoms with Gasteiger partial charge in [0, 0.05) is 30.8 Å². The summed E-state index contributed by atoms with van der Waals surface area (Å²) in [6.45, 7) is 2.68. The van der Waals surface area contributed by atoms with E-state index in [1.54, 1.807) is 18.5 Å². The van der Waals surface area contributed by atoms with Crippen molar-refractivity contribution < 1.29 is 9.53 Å². The van der Waals surface area contributed by atoms with E-state index in [1.165, 1.54) is 7.11 Å². The standard InChI is InChI=1S/C14H15N3O2/c1-10-8-15-5-3-11(10)9-17-12-4-6-16-13(7-12)14(18)19-2/h3-8H,9H2,1-2H3,(H,16,17). The van der Waals surface area contributed by atoms with Gasteiger partial charge in [-0.2, -0.15) is 0 Å². The van der Waals surface area contributed by atoms with Gasteiger partial charge in [0.2, 0.25) is 0 Å². The molecule has 0 spiro atoms. The van der Waals surface area contributed by atoms with Crippen molar-refractivity contribution >= 4 is 11.7 Å². The van der Waals surface area contributed by atoms with E-state index in [0.717, 1.165) is 16.8 Å². The summed E-state index contributed by atoms with van der Waals surface area (Å²) in [5, 5.41) is 3.25. The zero-order valence-electron chi connectivity index (χ0n) is 10.9. The van der Waals surface area contributed by atoms with Crippen molar-refractivity contribution in [3.8, 4) is 0 Å². The third-order valence-corrected chi connectivity index (χ3v) is 2.77. The van der Waals surface area contributed by atoms with E-state index in [2.05, 4.69) is 20.0 Å². The lowest BCUT2D eigenvalue weighted by atomic mass is 10.1. The number of pyridine rings is 2. The molecule has 5 nitrogen and oxygen atoms in total. The number of aromatic nitrogens is 2. The summed E-state index contributed by atoms with van der Waals surface area (Å²) in [6.07, 6.45) is 5.16. The molecule has 19 heavy (non-hydrogen) atoms. The number of aryl methyl sites for hydroxylation is 1. The molecule has 0 atom stereocenters. The topological polar surface area (TPSA) is 64.1 Å². The van der Waals surface area contributed by atoms with Gasteiger partial charge in [-0.15, -0.1) is 0 Å². The van der Waals surface area contributed by atoms with Crippen LogP contribution in [-0.4, -0.2) is 23.0 Å². The van der Waals surface area contributed by atoms with Gasteiger partial charge in [0.15, 0.2) is 0 Å². The Hall–Kier alpha value is -2.43. The summed E-state index contributed by atoms with van der Waals surface area (Å²) in [5.41, 5.74) is 3.40. The molecule has 0 fully saturated rings. The van der Waals surface area contributed by atoms with Crippen LogP contribution in [0.3, 0.4) is 0 Å². The number of hydrogen-bond donors (Lipinski definition) is 1. The van der Waals surface area contributed by atoms with Gasteiger partial charge in [0.25, 0.3) is 0 Å². The third kappa shape index (κ3) is 3.28. The molecule has 0 unspecified atom stereocenters. The second kappa shape index (κ2) is 5.95. The quantitative estimate of drug-likeness (QED) is 0.850. The summed E-state index contributed by atoms with van der Waals surface area (Å²) >= 11 is 0. The van der Waals surface area contributed by atoms with Gasteiger partial charge < -0.3 is 10.1 Å². The van der Waals surface area contributed by atoms with E-state index in [0.29, 0.717) is 12.2 Å². The first-order valence-electron chi connectivity index (χ1n) is 5.88. The minimum absolute atomic E-state index is 0.291. The fourth-order valence-electron chi connectivity index (χ4n) is 1.65. The molecule has 0 bridgehead atoms. The molecule has 1 N–H and O–H groups in total. The van der Waals surface area contributed by atoms with E-state index in [-0.39, 0.29) is 0 Å².